The zero-order valence-electron chi connectivity index (χ0n) is 19.1. The molecule has 1 aliphatic rings. The summed E-state index contributed by atoms with van der Waals surface area (Å²) in [6, 6.07) is 2.73. The topological polar surface area (TPSA) is 118 Å². The van der Waals surface area contributed by atoms with Crippen molar-refractivity contribution < 1.29 is 56.0 Å². The summed E-state index contributed by atoms with van der Waals surface area (Å²) in [5, 5.41) is 0. The highest BCUT2D eigenvalue weighted by atomic mass is 19.4. The van der Waals surface area contributed by atoms with E-state index in [0.717, 1.165) is 37.1 Å². The predicted octanol–water partition coefficient (Wildman–Crippen LogP) is 2.38. The van der Waals surface area contributed by atoms with Crippen LogP contribution in [0, 0.1) is 0 Å². The van der Waals surface area contributed by atoms with Gasteiger partial charge >= 0.3 is 24.3 Å². The fourth-order valence-corrected chi connectivity index (χ4v) is 3.06. The van der Waals surface area contributed by atoms with Gasteiger partial charge < -0.3 is 28.6 Å². The first kappa shape index (κ1) is 26.9. The molecule has 2 unspecified atom stereocenters. The number of hydrogen-bond donors (Lipinski definition) is 0. The number of hydrogen-bond acceptors (Lipinski definition) is 9. The number of nitrogens with zero attached hydrogens (tertiary/aromatic N) is 1. The van der Waals surface area contributed by atoms with E-state index in [1.807, 2.05) is 0 Å². The number of carbonyl (C=O) groups excluding carboxylic acids is 4. The molecule has 1 fully saturated rings. The van der Waals surface area contributed by atoms with Crippen LogP contribution in [0.4, 0.5) is 18.9 Å². The Kier molecular flexibility index (Phi) is 8.14. The monoisotopic (exact) mass is 491 g/mol. The number of rotatable bonds is 6. The molecule has 10 nitrogen and oxygen atoms in total. The van der Waals surface area contributed by atoms with Gasteiger partial charge in [0.1, 0.15) is 11.4 Å². The Morgan fingerprint density at radius 3 is 2.35 bits per heavy atom. The van der Waals surface area contributed by atoms with E-state index in [1.165, 1.54) is 0 Å². The minimum Gasteiger partial charge on any atom is -0.465 e. The lowest BCUT2D eigenvalue weighted by atomic mass is 10.1. The second-order valence-corrected chi connectivity index (χ2v) is 8.06. The van der Waals surface area contributed by atoms with Gasteiger partial charge in [0, 0.05) is 13.5 Å². The van der Waals surface area contributed by atoms with Crippen LogP contribution in [0.1, 0.15) is 38.1 Å². The molecule has 188 valence electrons. The van der Waals surface area contributed by atoms with Gasteiger partial charge in [0.05, 0.1) is 25.0 Å². The van der Waals surface area contributed by atoms with Crippen LogP contribution in [0.15, 0.2) is 18.2 Å². The molecule has 0 saturated carbocycles. The fraction of sp³-hybridized carbons (Fsp3) is 0.524. The zero-order chi connectivity index (χ0) is 25.8. The normalized spacial score (nSPS) is 17.6. The van der Waals surface area contributed by atoms with Gasteiger partial charge in [0.15, 0.2) is 6.10 Å². The number of esters is 3. The molecule has 1 aromatic carbocycles. The summed E-state index contributed by atoms with van der Waals surface area (Å²) in [5.74, 6) is -4.56. The first-order chi connectivity index (χ1) is 15.6. The van der Waals surface area contributed by atoms with Gasteiger partial charge in [-0.1, -0.05) is 0 Å². The molecule has 0 spiro atoms. The van der Waals surface area contributed by atoms with Crippen molar-refractivity contribution in [3.63, 3.8) is 0 Å². The Bertz CT molecular complexity index is 956. The van der Waals surface area contributed by atoms with Crippen LogP contribution in [0.3, 0.4) is 0 Å². The second-order valence-electron chi connectivity index (χ2n) is 8.06. The minimum absolute atomic E-state index is 0.120. The van der Waals surface area contributed by atoms with Crippen molar-refractivity contribution in [2.45, 2.75) is 51.9 Å². The molecule has 2 atom stereocenters. The molecule has 0 aromatic heterocycles. The van der Waals surface area contributed by atoms with E-state index in [0.29, 0.717) is 0 Å². The van der Waals surface area contributed by atoms with Crippen LogP contribution in [-0.4, -0.2) is 68.2 Å². The first-order valence-corrected chi connectivity index (χ1v) is 9.94. The molecule has 0 radical (unpaired) electrons. The average molecular weight is 491 g/mol. The van der Waals surface area contributed by atoms with Crippen LogP contribution >= 0.6 is 0 Å². The Labute approximate surface area is 192 Å². The highest BCUT2D eigenvalue weighted by molar-refractivity contribution is 6.06. The van der Waals surface area contributed by atoms with E-state index in [9.17, 15) is 32.3 Å². The molecular weight excluding hydrogens is 467 g/mol. The number of ether oxygens (including phenoxy) is 5. The summed E-state index contributed by atoms with van der Waals surface area (Å²) in [7, 11) is 1.01. The number of methoxy groups -OCH3 is 1. The van der Waals surface area contributed by atoms with Gasteiger partial charge in [0.25, 0.3) is 5.91 Å². The van der Waals surface area contributed by atoms with Crippen LogP contribution in [0.25, 0.3) is 0 Å². The maximum atomic E-state index is 13.2. The summed E-state index contributed by atoms with van der Waals surface area (Å²) in [6.07, 6.45) is -8.41. The third-order valence-electron chi connectivity index (χ3n) is 4.23. The van der Waals surface area contributed by atoms with Gasteiger partial charge in [-0.25, -0.2) is 9.59 Å². The number of amides is 1. The number of benzene rings is 1. The van der Waals surface area contributed by atoms with Crippen LogP contribution in [-0.2, 0) is 33.3 Å². The Morgan fingerprint density at radius 2 is 1.82 bits per heavy atom. The Morgan fingerprint density at radius 1 is 1.18 bits per heavy atom. The molecule has 34 heavy (non-hydrogen) atoms. The van der Waals surface area contributed by atoms with E-state index < -0.39 is 59.3 Å². The Hall–Kier alpha value is -3.35. The Balaban J connectivity index is 2.44. The van der Waals surface area contributed by atoms with Crippen molar-refractivity contribution in [3.8, 4) is 5.75 Å². The molecule has 1 heterocycles. The summed E-state index contributed by atoms with van der Waals surface area (Å²) in [5.41, 5.74) is -1.50. The molecule has 2 rings (SSSR count). The predicted molar refractivity (Wildman–Crippen MR) is 108 cm³/mol. The SMILES string of the molecule is COC(=O)c1cc(OC(F)(F)F)ccc1N1CCOC(C(OC(C)=O)C(=O)OC(C)(C)C)C1=O. The molecule has 0 aliphatic carbocycles. The smallest absolute Gasteiger partial charge is 0.465 e. The van der Waals surface area contributed by atoms with Crippen LogP contribution < -0.4 is 9.64 Å². The average Bonchev–Trinajstić information content (AvgIpc) is 2.69. The van der Waals surface area contributed by atoms with E-state index in [-0.39, 0.29) is 18.8 Å². The van der Waals surface area contributed by atoms with E-state index in [4.69, 9.17) is 14.2 Å². The van der Waals surface area contributed by atoms with Crippen molar-refractivity contribution in [1.29, 1.82) is 0 Å². The van der Waals surface area contributed by atoms with Crippen LogP contribution in [0.2, 0.25) is 0 Å². The van der Waals surface area contributed by atoms with E-state index in [1.54, 1.807) is 20.8 Å². The molecule has 1 aromatic rings. The van der Waals surface area contributed by atoms with Gasteiger partial charge in [-0.3, -0.25) is 9.59 Å². The highest BCUT2D eigenvalue weighted by Gasteiger charge is 2.45. The second kappa shape index (κ2) is 10.3. The third kappa shape index (κ3) is 7.07. The molecular formula is C21H24F3NO9. The number of halogens is 3. The quantitative estimate of drug-likeness (QED) is 0.437. The number of anilines is 1. The van der Waals surface area contributed by atoms with Gasteiger partial charge in [-0.2, -0.15) is 0 Å². The van der Waals surface area contributed by atoms with Crippen molar-refractivity contribution >= 4 is 29.5 Å². The lowest BCUT2D eigenvalue weighted by Gasteiger charge is -2.36. The molecule has 0 N–H and O–H groups in total. The summed E-state index contributed by atoms with van der Waals surface area (Å²) in [4.78, 5) is 50.7. The largest absolute Gasteiger partial charge is 0.573 e. The van der Waals surface area contributed by atoms with E-state index >= 15 is 0 Å². The van der Waals surface area contributed by atoms with Gasteiger partial charge in [-0.05, 0) is 39.0 Å². The molecule has 1 aliphatic heterocycles. The van der Waals surface area contributed by atoms with Gasteiger partial charge in [-0.15, -0.1) is 13.2 Å². The molecule has 1 saturated heterocycles. The molecule has 1 amide bonds. The van der Waals surface area contributed by atoms with Crippen molar-refractivity contribution in [1.82, 2.24) is 0 Å². The molecule has 13 heteroatoms. The lowest BCUT2D eigenvalue weighted by Crippen LogP contribution is -2.56. The number of alkyl halides is 3. The molecule has 0 bridgehead atoms. The number of carbonyl (C=O) groups is 4. The highest BCUT2D eigenvalue weighted by Crippen LogP contribution is 2.32. The minimum atomic E-state index is -5.01. The number of morpholine rings is 1. The van der Waals surface area contributed by atoms with Crippen molar-refractivity contribution in [2.75, 3.05) is 25.2 Å². The van der Waals surface area contributed by atoms with E-state index in [2.05, 4.69) is 9.47 Å². The van der Waals surface area contributed by atoms with Crippen LogP contribution in [0.5, 0.6) is 5.75 Å². The first-order valence-electron chi connectivity index (χ1n) is 9.94. The summed E-state index contributed by atoms with van der Waals surface area (Å²) >= 11 is 0. The summed E-state index contributed by atoms with van der Waals surface area (Å²) in [6.45, 7) is 5.45. The van der Waals surface area contributed by atoms with Crippen molar-refractivity contribution in [2.24, 2.45) is 0 Å². The zero-order valence-corrected chi connectivity index (χ0v) is 19.1. The van der Waals surface area contributed by atoms with Gasteiger partial charge in [0.2, 0.25) is 6.10 Å². The van der Waals surface area contributed by atoms with Crippen molar-refractivity contribution in [3.05, 3.63) is 23.8 Å². The third-order valence-corrected chi connectivity index (χ3v) is 4.23. The maximum Gasteiger partial charge on any atom is 0.573 e. The summed E-state index contributed by atoms with van der Waals surface area (Å²) < 4.78 is 61.9. The lowest BCUT2D eigenvalue weighted by molar-refractivity contribution is -0.274. The standard InChI is InChI=1S/C21H24F3NO9/c1-11(26)32-16(19(29)34-20(2,3)4)15-17(27)25(8-9-31-15)14-7-6-12(33-21(22,23)24)10-13(14)18(28)30-5/h6-7,10,15-16H,8-9H2,1-5H3. The fourth-order valence-electron chi connectivity index (χ4n) is 3.06. The maximum absolute atomic E-state index is 13.2.